The minimum Gasteiger partial charge on any atom is -0.459 e. The Labute approximate surface area is 194 Å². The first-order valence-corrected chi connectivity index (χ1v) is 15.5. The SMILES string of the molecule is CC(C)(C)OC(=O)[C@H]1[C@@H](O[Si](C)(C)C(C)(C)C)C[C@@H](CCO)N1S(=O)(=O)c1ccccc1. The Morgan fingerprint density at radius 3 is 2.16 bits per heavy atom. The van der Waals surface area contributed by atoms with Crippen molar-refractivity contribution in [3.8, 4) is 0 Å². The van der Waals surface area contributed by atoms with E-state index in [2.05, 4.69) is 33.9 Å². The van der Waals surface area contributed by atoms with E-state index < -0.39 is 48.1 Å². The van der Waals surface area contributed by atoms with Crippen molar-refractivity contribution in [1.82, 2.24) is 4.31 Å². The fraction of sp³-hybridized carbons (Fsp3) is 0.696. The molecule has 1 N–H and O–H groups in total. The fourth-order valence-corrected chi connectivity index (χ4v) is 6.82. The lowest BCUT2D eigenvalue weighted by molar-refractivity contribution is -0.161. The largest absolute Gasteiger partial charge is 0.459 e. The lowest BCUT2D eigenvalue weighted by Gasteiger charge is -2.40. The van der Waals surface area contributed by atoms with E-state index in [1.807, 2.05) is 0 Å². The van der Waals surface area contributed by atoms with Crippen LogP contribution < -0.4 is 0 Å². The Kier molecular flexibility index (Phi) is 8.04. The van der Waals surface area contributed by atoms with Gasteiger partial charge in [0, 0.05) is 12.6 Å². The summed E-state index contributed by atoms with van der Waals surface area (Å²) >= 11 is 0. The first kappa shape index (κ1) is 27.0. The summed E-state index contributed by atoms with van der Waals surface area (Å²) in [5, 5.41) is 9.55. The summed E-state index contributed by atoms with van der Waals surface area (Å²) in [6.45, 7) is 15.5. The van der Waals surface area contributed by atoms with E-state index in [0.717, 1.165) is 0 Å². The van der Waals surface area contributed by atoms with Crippen LogP contribution in [-0.2, 0) is 24.0 Å². The highest BCUT2D eigenvalue weighted by atomic mass is 32.2. The van der Waals surface area contributed by atoms with Gasteiger partial charge >= 0.3 is 5.97 Å². The number of carbonyl (C=O) groups excluding carboxylic acids is 1. The summed E-state index contributed by atoms with van der Waals surface area (Å²) in [4.78, 5) is 13.5. The van der Waals surface area contributed by atoms with E-state index in [1.54, 1.807) is 39.0 Å². The average molecular weight is 486 g/mol. The highest BCUT2D eigenvalue weighted by molar-refractivity contribution is 7.89. The predicted octanol–water partition coefficient (Wildman–Crippen LogP) is 3.93. The molecule has 2 rings (SSSR count). The zero-order chi connectivity index (χ0) is 24.5. The van der Waals surface area contributed by atoms with Crippen LogP contribution in [-0.4, -0.2) is 62.5 Å². The molecule has 7 nitrogen and oxygen atoms in total. The second-order valence-corrected chi connectivity index (χ2v) is 17.5. The second-order valence-electron chi connectivity index (χ2n) is 10.9. The molecule has 1 fully saturated rings. The van der Waals surface area contributed by atoms with Crippen molar-refractivity contribution in [2.24, 2.45) is 0 Å². The Morgan fingerprint density at radius 1 is 1.12 bits per heavy atom. The van der Waals surface area contributed by atoms with Crippen LogP contribution in [0, 0.1) is 0 Å². The monoisotopic (exact) mass is 485 g/mol. The summed E-state index contributed by atoms with van der Waals surface area (Å²) in [7, 11) is -6.36. The van der Waals surface area contributed by atoms with Crippen LogP contribution in [0.5, 0.6) is 0 Å². The minimum absolute atomic E-state index is 0.101. The van der Waals surface area contributed by atoms with Crippen LogP contribution >= 0.6 is 0 Å². The van der Waals surface area contributed by atoms with Gasteiger partial charge in [-0.1, -0.05) is 39.0 Å². The molecule has 0 spiro atoms. The average Bonchev–Trinajstić information content (AvgIpc) is 2.98. The number of aliphatic hydroxyl groups excluding tert-OH is 1. The first-order chi connectivity index (χ1) is 14.5. The number of carbonyl (C=O) groups is 1. The molecule has 9 heteroatoms. The van der Waals surface area contributed by atoms with Gasteiger partial charge in [-0.25, -0.2) is 8.42 Å². The van der Waals surface area contributed by atoms with Gasteiger partial charge in [0.15, 0.2) is 8.32 Å². The predicted molar refractivity (Wildman–Crippen MR) is 127 cm³/mol. The van der Waals surface area contributed by atoms with E-state index in [1.165, 1.54) is 16.4 Å². The normalized spacial score (nSPS) is 23.3. The van der Waals surface area contributed by atoms with Crippen molar-refractivity contribution in [3.05, 3.63) is 30.3 Å². The standard InChI is InChI=1S/C23H39NO6SSi/c1-22(2,3)29-21(26)20-19(30-32(7,8)23(4,5)6)16-17(14-15-25)24(20)31(27,28)18-12-10-9-11-13-18/h9-13,17,19-20,25H,14-16H2,1-8H3/t17-,19+,20-/m1/s1. The van der Waals surface area contributed by atoms with Gasteiger partial charge in [0.05, 0.1) is 11.0 Å². The van der Waals surface area contributed by atoms with Gasteiger partial charge in [-0.05, 0) is 63.9 Å². The maximum absolute atomic E-state index is 13.7. The third-order valence-electron chi connectivity index (χ3n) is 6.17. The van der Waals surface area contributed by atoms with Crippen molar-refractivity contribution >= 4 is 24.3 Å². The zero-order valence-electron chi connectivity index (χ0n) is 20.6. The Bertz CT molecular complexity index is 889. The number of aliphatic hydroxyl groups is 1. The molecule has 3 atom stereocenters. The lowest BCUT2D eigenvalue weighted by atomic mass is 10.1. The molecule has 1 aromatic rings. The smallest absolute Gasteiger partial charge is 0.327 e. The van der Waals surface area contributed by atoms with E-state index in [9.17, 15) is 18.3 Å². The molecule has 1 saturated heterocycles. The maximum atomic E-state index is 13.7. The molecular formula is C23H39NO6SSi. The fourth-order valence-electron chi connectivity index (χ4n) is 3.63. The summed E-state index contributed by atoms with van der Waals surface area (Å²) < 4.78 is 40.9. The molecule has 0 saturated carbocycles. The lowest BCUT2D eigenvalue weighted by Crippen LogP contribution is -2.53. The first-order valence-electron chi connectivity index (χ1n) is 11.1. The molecule has 0 aliphatic carbocycles. The van der Waals surface area contributed by atoms with Gasteiger partial charge in [-0.3, -0.25) is 4.79 Å². The van der Waals surface area contributed by atoms with Gasteiger partial charge < -0.3 is 14.3 Å². The number of esters is 1. The van der Waals surface area contributed by atoms with Crippen molar-refractivity contribution in [3.63, 3.8) is 0 Å². The minimum atomic E-state index is -4.03. The van der Waals surface area contributed by atoms with Gasteiger partial charge in [0.2, 0.25) is 10.0 Å². The molecule has 1 heterocycles. The molecule has 1 aliphatic heterocycles. The summed E-state index contributed by atoms with van der Waals surface area (Å²) in [5.41, 5.74) is -0.782. The van der Waals surface area contributed by atoms with E-state index in [-0.39, 0.29) is 23.0 Å². The summed E-state index contributed by atoms with van der Waals surface area (Å²) in [6.07, 6.45) is -0.119. The molecule has 0 amide bonds. The molecular weight excluding hydrogens is 446 g/mol. The number of ether oxygens (including phenoxy) is 1. The van der Waals surface area contributed by atoms with Gasteiger partial charge in [-0.2, -0.15) is 4.31 Å². The van der Waals surface area contributed by atoms with Crippen LogP contribution in [0.15, 0.2) is 35.2 Å². The van der Waals surface area contributed by atoms with Crippen LogP contribution in [0.1, 0.15) is 54.4 Å². The van der Waals surface area contributed by atoms with Crippen molar-refractivity contribution in [1.29, 1.82) is 0 Å². The van der Waals surface area contributed by atoms with Crippen LogP contribution in [0.25, 0.3) is 0 Å². The molecule has 32 heavy (non-hydrogen) atoms. The second kappa shape index (κ2) is 9.54. The quantitative estimate of drug-likeness (QED) is 0.465. The van der Waals surface area contributed by atoms with E-state index >= 15 is 0 Å². The Hall–Kier alpha value is -1.26. The number of hydrogen-bond donors (Lipinski definition) is 1. The molecule has 0 bridgehead atoms. The summed E-state index contributed by atoms with van der Waals surface area (Å²) in [6, 6.07) is 6.37. The highest BCUT2D eigenvalue weighted by Crippen LogP contribution is 2.42. The number of rotatable bonds is 7. The molecule has 1 aromatic carbocycles. The van der Waals surface area contributed by atoms with Crippen LogP contribution in [0.3, 0.4) is 0 Å². The molecule has 0 radical (unpaired) electrons. The molecule has 0 unspecified atom stereocenters. The highest BCUT2D eigenvalue weighted by Gasteiger charge is 2.55. The molecule has 0 aromatic heterocycles. The number of benzene rings is 1. The third kappa shape index (κ3) is 5.99. The number of hydrogen-bond acceptors (Lipinski definition) is 6. The number of nitrogens with zero attached hydrogens (tertiary/aromatic N) is 1. The van der Waals surface area contributed by atoms with Gasteiger partial charge in [0.25, 0.3) is 0 Å². The van der Waals surface area contributed by atoms with Gasteiger partial charge in [-0.15, -0.1) is 0 Å². The Morgan fingerprint density at radius 2 is 1.69 bits per heavy atom. The third-order valence-corrected chi connectivity index (χ3v) is 12.6. The topological polar surface area (TPSA) is 93.1 Å². The summed E-state index contributed by atoms with van der Waals surface area (Å²) in [5.74, 6) is -0.624. The van der Waals surface area contributed by atoms with Crippen LogP contribution in [0.2, 0.25) is 18.1 Å². The van der Waals surface area contributed by atoms with Crippen molar-refractivity contribution in [2.45, 2.75) is 101 Å². The molecule has 182 valence electrons. The van der Waals surface area contributed by atoms with E-state index in [4.69, 9.17) is 9.16 Å². The maximum Gasteiger partial charge on any atom is 0.327 e. The van der Waals surface area contributed by atoms with E-state index in [0.29, 0.717) is 6.42 Å². The van der Waals surface area contributed by atoms with Crippen molar-refractivity contribution in [2.75, 3.05) is 6.61 Å². The Balaban J connectivity index is 2.59. The molecule has 1 aliphatic rings. The number of sulfonamides is 1. The zero-order valence-corrected chi connectivity index (χ0v) is 22.4. The van der Waals surface area contributed by atoms with Gasteiger partial charge in [0.1, 0.15) is 11.6 Å². The van der Waals surface area contributed by atoms with Crippen LogP contribution in [0.4, 0.5) is 0 Å². The van der Waals surface area contributed by atoms with Crippen molar-refractivity contribution < 1.29 is 27.5 Å².